The van der Waals surface area contributed by atoms with Gasteiger partial charge in [-0.25, -0.2) is 0 Å². The highest BCUT2D eigenvalue weighted by atomic mass is 79.9. The van der Waals surface area contributed by atoms with Gasteiger partial charge in [0.15, 0.2) is 0 Å². The van der Waals surface area contributed by atoms with E-state index >= 15 is 0 Å². The van der Waals surface area contributed by atoms with Gasteiger partial charge in [0.05, 0.1) is 23.6 Å². The van der Waals surface area contributed by atoms with Gasteiger partial charge in [-0.05, 0) is 34.1 Å². The first kappa shape index (κ1) is 12.4. The van der Waals surface area contributed by atoms with Gasteiger partial charge >= 0.3 is 0 Å². The molecule has 0 amide bonds. The van der Waals surface area contributed by atoms with Crippen LogP contribution in [-0.4, -0.2) is 22.2 Å². The summed E-state index contributed by atoms with van der Waals surface area (Å²) in [5, 5.41) is 3.23. The second-order valence-corrected chi connectivity index (χ2v) is 5.44. The van der Waals surface area contributed by atoms with Crippen LogP contribution in [0.4, 0.5) is 5.69 Å². The molecular weight excluding hydrogens is 322 g/mol. The van der Waals surface area contributed by atoms with Crippen molar-refractivity contribution < 1.29 is 0 Å². The fourth-order valence-electron chi connectivity index (χ4n) is 1.99. The zero-order valence-corrected chi connectivity index (χ0v) is 12.3. The Hall–Kier alpha value is -1.59. The number of fused-ring (bicyclic) bond motifs is 1. The van der Waals surface area contributed by atoms with Gasteiger partial charge in [-0.15, -0.1) is 0 Å². The van der Waals surface area contributed by atoms with Crippen molar-refractivity contribution >= 4 is 44.5 Å². The van der Waals surface area contributed by atoms with Crippen LogP contribution in [0.2, 0.25) is 0 Å². The van der Waals surface area contributed by atoms with Crippen LogP contribution in [-0.2, 0) is 0 Å². The molecule has 0 aliphatic carbocycles. The molecule has 3 rings (SSSR count). The molecule has 0 fully saturated rings. The summed E-state index contributed by atoms with van der Waals surface area (Å²) in [5.74, 6) is 0. The fourth-order valence-corrected chi connectivity index (χ4v) is 2.62. The molecule has 0 spiro atoms. The fraction of sp³-hybridized carbons (Fsp3) is 0.0714. The summed E-state index contributed by atoms with van der Waals surface area (Å²) in [5.41, 5.74) is 3.68. The van der Waals surface area contributed by atoms with E-state index in [9.17, 15) is 0 Å². The molecule has 1 aliphatic heterocycles. The van der Waals surface area contributed by atoms with Crippen molar-refractivity contribution in [1.82, 2.24) is 4.98 Å². The second kappa shape index (κ2) is 5.19. The zero-order valence-electron chi connectivity index (χ0n) is 9.93. The first-order valence-corrected chi connectivity index (χ1v) is 7.00. The number of benzodiazepines with no additional fused rings is 1. The average Bonchev–Trinajstić information content (AvgIpc) is 2.60. The summed E-state index contributed by atoms with van der Waals surface area (Å²) in [7, 11) is 0. The number of nitrogens with zero attached hydrogens (tertiary/aromatic N) is 2. The van der Waals surface area contributed by atoms with Gasteiger partial charge in [0.2, 0.25) is 0 Å². The molecule has 1 aromatic heterocycles. The topological polar surface area (TPSA) is 37.3 Å². The highest BCUT2D eigenvalue weighted by molar-refractivity contribution is 9.10. The van der Waals surface area contributed by atoms with Gasteiger partial charge in [-0.2, -0.15) is 0 Å². The molecule has 94 valence electrons. The highest BCUT2D eigenvalue weighted by Crippen LogP contribution is 2.29. The molecule has 0 atom stereocenters. The highest BCUT2D eigenvalue weighted by Gasteiger charge is 2.18. The van der Waals surface area contributed by atoms with E-state index in [2.05, 4.69) is 31.2 Å². The third-order valence-electron chi connectivity index (χ3n) is 2.82. The Balaban J connectivity index is 2.21. The number of anilines is 1. The lowest BCUT2D eigenvalue weighted by atomic mass is 10.0. The van der Waals surface area contributed by atoms with Gasteiger partial charge < -0.3 is 5.32 Å². The Bertz CT molecular complexity index is 668. The summed E-state index contributed by atoms with van der Waals surface area (Å²) in [6.07, 6.45) is 1.77. The maximum atomic E-state index is 5.27. The zero-order chi connectivity index (χ0) is 13.2. The number of hydrogen-bond donors (Lipinski definition) is 1. The van der Waals surface area contributed by atoms with Crippen molar-refractivity contribution in [2.75, 3.05) is 11.9 Å². The Morgan fingerprint density at radius 1 is 1.16 bits per heavy atom. The monoisotopic (exact) mass is 331 g/mol. The lowest BCUT2D eigenvalue weighted by Crippen LogP contribution is -2.11. The normalized spacial score (nSPS) is 14.2. The number of hydrogen-bond acceptors (Lipinski definition) is 3. The Labute approximate surface area is 124 Å². The van der Waals surface area contributed by atoms with Gasteiger partial charge in [-0.1, -0.05) is 30.4 Å². The number of pyridine rings is 1. The third-order valence-corrected chi connectivity index (χ3v) is 3.71. The van der Waals surface area contributed by atoms with E-state index in [1.54, 1.807) is 6.20 Å². The first-order valence-electron chi connectivity index (χ1n) is 5.80. The number of benzene rings is 1. The summed E-state index contributed by atoms with van der Waals surface area (Å²) in [6.45, 7) is 0.475. The minimum Gasteiger partial charge on any atom is -0.347 e. The van der Waals surface area contributed by atoms with Crippen LogP contribution in [0, 0.1) is 0 Å². The number of rotatable bonds is 1. The number of nitrogens with one attached hydrogen (secondary N) is 1. The maximum Gasteiger partial charge on any atom is 0.102 e. The van der Waals surface area contributed by atoms with E-state index in [0.717, 1.165) is 27.1 Å². The Morgan fingerprint density at radius 2 is 2.05 bits per heavy atom. The molecule has 1 N–H and O–H groups in total. The predicted octanol–water partition coefficient (Wildman–Crippen LogP) is 3.43. The van der Waals surface area contributed by atoms with Gasteiger partial charge in [0, 0.05) is 16.2 Å². The summed E-state index contributed by atoms with van der Waals surface area (Å²) >= 11 is 8.82. The van der Waals surface area contributed by atoms with Crippen molar-refractivity contribution in [2.45, 2.75) is 0 Å². The lowest BCUT2D eigenvalue weighted by Gasteiger charge is -2.11. The molecule has 1 aromatic carbocycles. The lowest BCUT2D eigenvalue weighted by molar-refractivity contribution is 1.25. The van der Waals surface area contributed by atoms with Crippen molar-refractivity contribution in [1.29, 1.82) is 0 Å². The van der Waals surface area contributed by atoms with Crippen molar-refractivity contribution in [3.05, 3.63) is 58.3 Å². The van der Waals surface area contributed by atoms with Crippen molar-refractivity contribution in [3.63, 3.8) is 0 Å². The average molecular weight is 332 g/mol. The minimum atomic E-state index is 0.475. The molecule has 3 nitrogen and oxygen atoms in total. The molecule has 2 aromatic rings. The van der Waals surface area contributed by atoms with E-state index in [-0.39, 0.29) is 0 Å². The largest absolute Gasteiger partial charge is 0.347 e. The van der Waals surface area contributed by atoms with Crippen LogP contribution in [0.3, 0.4) is 0 Å². The van der Waals surface area contributed by atoms with E-state index in [1.807, 2.05) is 36.4 Å². The number of thiocarbonyl (C=S) groups is 1. The van der Waals surface area contributed by atoms with Gasteiger partial charge in [0.1, 0.15) is 4.99 Å². The summed E-state index contributed by atoms with van der Waals surface area (Å²) in [4.78, 5) is 9.67. The molecule has 0 saturated heterocycles. The van der Waals surface area contributed by atoms with Crippen LogP contribution in [0.5, 0.6) is 0 Å². The van der Waals surface area contributed by atoms with Crippen LogP contribution in [0.15, 0.2) is 52.1 Å². The minimum absolute atomic E-state index is 0.475. The number of para-hydroxylation sites is 1. The smallest absolute Gasteiger partial charge is 0.102 e. The Morgan fingerprint density at radius 3 is 2.84 bits per heavy atom. The van der Waals surface area contributed by atoms with E-state index in [1.165, 1.54) is 0 Å². The molecule has 2 heterocycles. The van der Waals surface area contributed by atoms with Crippen LogP contribution in [0.1, 0.15) is 11.3 Å². The Kier molecular flexibility index (Phi) is 3.40. The van der Waals surface area contributed by atoms with Crippen LogP contribution < -0.4 is 5.32 Å². The molecule has 0 bridgehead atoms. The van der Waals surface area contributed by atoms with Crippen molar-refractivity contribution in [2.24, 2.45) is 4.99 Å². The molecule has 0 unspecified atom stereocenters. The third kappa shape index (κ3) is 2.43. The van der Waals surface area contributed by atoms with Crippen molar-refractivity contribution in [3.8, 4) is 0 Å². The number of aliphatic imine (C=N–C) groups is 1. The molecule has 19 heavy (non-hydrogen) atoms. The molecule has 0 radical (unpaired) electrons. The molecule has 5 heteroatoms. The summed E-state index contributed by atoms with van der Waals surface area (Å²) < 4.78 is 0.970. The first-order chi connectivity index (χ1) is 9.25. The number of aromatic nitrogens is 1. The van der Waals surface area contributed by atoms with E-state index in [0.29, 0.717) is 11.5 Å². The molecule has 0 saturated carbocycles. The van der Waals surface area contributed by atoms with Gasteiger partial charge in [0.25, 0.3) is 0 Å². The maximum absolute atomic E-state index is 5.27. The number of halogens is 1. The van der Waals surface area contributed by atoms with Crippen LogP contribution in [0.25, 0.3) is 0 Å². The van der Waals surface area contributed by atoms with Crippen LogP contribution >= 0.6 is 28.1 Å². The van der Waals surface area contributed by atoms with E-state index in [4.69, 9.17) is 12.2 Å². The molecule has 1 aliphatic rings. The molecular formula is C14H10BrN3S. The predicted molar refractivity (Wildman–Crippen MR) is 85.1 cm³/mol. The quantitative estimate of drug-likeness (QED) is 0.813. The standard InChI is InChI=1S/C14H10BrN3S/c15-10-5-3-4-9-13(10)18-12(19)8-17-14(9)11-6-1-2-7-16-11/h1-7H,8H2,(H,18,19). The summed E-state index contributed by atoms with van der Waals surface area (Å²) in [6, 6.07) is 11.8. The second-order valence-electron chi connectivity index (χ2n) is 4.09. The SMILES string of the molecule is S=C1CN=C(c2ccccn2)c2cccc(Br)c2N1. The van der Waals surface area contributed by atoms with Gasteiger partial charge in [-0.3, -0.25) is 9.98 Å². The van der Waals surface area contributed by atoms with E-state index < -0.39 is 0 Å².